The highest BCUT2D eigenvalue weighted by molar-refractivity contribution is 5.66. The monoisotopic (exact) mass is 209 g/mol. The van der Waals surface area contributed by atoms with Gasteiger partial charge >= 0.3 is 0 Å². The van der Waals surface area contributed by atoms with E-state index in [1.165, 1.54) is 0 Å². The van der Waals surface area contributed by atoms with Gasteiger partial charge in [-0.1, -0.05) is 13.3 Å². The molecule has 0 radical (unpaired) electrons. The largest absolute Gasteiger partial charge is 0.478 e. The fourth-order valence-electron chi connectivity index (χ4n) is 1.05. The first-order chi connectivity index (χ1) is 7.26. The Hall–Kier alpha value is -1.65. The van der Waals surface area contributed by atoms with Gasteiger partial charge in [-0.15, -0.1) is 0 Å². The number of aryl methyl sites for hydroxylation is 1. The molecule has 0 unspecified atom stereocenters. The molecule has 0 spiro atoms. The molecule has 0 bridgehead atoms. The van der Waals surface area contributed by atoms with Gasteiger partial charge in [-0.05, 0) is 13.3 Å². The van der Waals surface area contributed by atoms with Crippen LogP contribution in [-0.4, -0.2) is 23.0 Å². The molecule has 1 aromatic heterocycles. The van der Waals surface area contributed by atoms with Gasteiger partial charge in [-0.3, -0.25) is 10.1 Å². The predicted molar refractivity (Wildman–Crippen MR) is 56.9 cm³/mol. The molecule has 15 heavy (non-hydrogen) atoms. The average molecular weight is 209 g/mol. The summed E-state index contributed by atoms with van der Waals surface area (Å²) in [6, 6.07) is 1.74. The third-order valence-electron chi connectivity index (χ3n) is 1.77. The minimum Gasteiger partial charge on any atom is -0.478 e. The van der Waals surface area contributed by atoms with Crippen molar-refractivity contribution in [3.05, 3.63) is 11.8 Å². The Kier molecular flexibility index (Phi) is 4.53. The summed E-state index contributed by atoms with van der Waals surface area (Å²) in [5.41, 5.74) is 0.765. The Labute approximate surface area is 88.9 Å². The number of anilines is 1. The van der Waals surface area contributed by atoms with Gasteiger partial charge in [0.1, 0.15) is 0 Å². The van der Waals surface area contributed by atoms with Crippen molar-refractivity contribution in [2.24, 2.45) is 0 Å². The highest BCUT2D eigenvalue weighted by Gasteiger charge is 2.01. The fourth-order valence-corrected chi connectivity index (χ4v) is 1.05. The summed E-state index contributed by atoms with van der Waals surface area (Å²) in [6.45, 7) is 4.55. The Morgan fingerprint density at radius 3 is 3.00 bits per heavy atom. The summed E-state index contributed by atoms with van der Waals surface area (Å²) in [6.07, 6.45) is 2.60. The van der Waals surface area contributed by atoms with Crippen LogP contribution in [0.3, 0.4) is 0 Å². The number of aromatic nitrogens is 2. The molecule has 1 N–H and O–H groups in total. The second-order valence-electron chi connectivity index (χ2n) is 3.14. The number of hydrogen-bond acceptors (Lipinski definition) is 4. The SMILES string of the molecule is CCCCOc1cc(C)nc(NC=O)n1. The van der Waals surface area contributed by atoms with Crippen molar-refractivity contribution >= 4 is 12.4 Å². The van der Waals surface area contributed by atoms with Crippen molar-refractivity contribution in [1.82, 2.24) is 9.97 Å². The van der Waals surface area contributed by atoms with E-state index in [-0.39, 0.29) is 5.95 Å². The van der Waals surface area contributed by atoms with Crippen molar-refractivity contribution < 1.29 is 9.53 Å². The number of carbonyl (C=O) groups is 1. The lowest BCUT2D eigenvalue weighted by Gasteiger charge is -2.06. The Bertz CT molecular complexity index is 328. The van der Waals surface area contributed by atoms with E-state index >= 15 is 0 Å². The summed E-state index contributed by atoms with van der Waals surface area (Å²) in [5, 5.41) is 2.40. The number of hydrogen-bond donors (Lipinski definition) is 1. The van der Waals surface area contributed by atoms with Gasteiger partial charge in [0, 0.05) is 11.8 Å². The van der Waals surface area contributed by atoms with E-state index in [0.717, 1.165) is 18.5 Å². The number of nitrogens with one attached hydrogen (secondary N) is 1. The van der Waals surface area contributed by atoms with E-state index in [1.807, 2.05) is 6.92 Å². The number of nitrogens with zero attached hydrogens (tertiary/aromatic N) is 2. The van der Waals surface area contributed by atoms with Crippen LogP contribution in [0.5, 0.6) is 5.88 Å². The maximum Gasteiger partial charge on any atom is 0.232 e. The van der Waals surface area contributed by atoms with Crippen LogP contribution in [0.2, 0.25) is 0 Å². The molecular weight excluding hydrogens is 194 g/mol. The van der Waals surface area contributed by atoms with E-state index < -0.39 is 0 Å². The highest BCUT2D eigenvalue weighted by Crippen LogP contribution is 2.11. The van der Waals surface area contributed by atoms with Gasteiger partial charge in [0.15, 0.2) is 0 Å². The zero-order valence-electron chi connectivity index (χ0n) is 8.99. The molecule has 0 atom stereocenters. The minimum absolute atomic E-state index is 0.275. The molecule has 1 amide bonds. The number of amides is 1. The summed E-state index contributed by atoms with van der Waals surface area (Å²) in [5.74, 6) is 0.775. The van der Waals surface area contributed by atoms with Gasteiger partial charge in [-0.25, -0.2) is 4.98 Å². The summed E-state index contributed by atoms with van der Waals surface area (Å²) in [7, 11) is 0. The first kappa shape index (κ1) is 11.4. The molecule has 0 saturated heterocycles. The van der Waals surface area contributed by atoms with Crippen LogP contribution in [-0.2, 0) is 4.79 Å². The maximum absolute atomic E-state index is 10.2. The van der Waals surface area contributed by atoms with Crippen LogP contribution < -0.4 is 10.1 Å². The molecule has 0 aliphatic heterocycles. The lowest BCUT2D eigenvalue weighted by atomic mass is 10.4. The van der Waals surface area contributed by atoms with Crippen LogP contribution >= 0.6 is 0 Å². The topological polar surface area (TPSA) is 64.1 Å². The molecule has 82 valence electrons. The Morgan fingerprint density at radius 2 is 2.33 bits per heavy atom. The second kappa shape index (κ2) is 5.95. The van der Waals surface area contributed by atoms with Crippen molar-refractivity contribution in [2.45, 2.75) is 26.7 Å². The average Bonchev–Trinajstić information content (AvgIpc) is 2.18. The zero-order valence-corrected chi connectivity index (χ0v) is 8.99. The van der Waals surface area contributed by atoms with Crippen LogP contribution in [0.15, 0.2) is 6.07 Å². The van der Waals surface area contributed by atoms with E-state index in [9.17, 15) is 4.79 Å². The molecule has 1 heterocycles. The molecule has 1 aromatic rings. The Morgan fingerprint density at radius 1 is 1.53 bits per heavy atom. The second-order valence-corrected chi connectivity index (χ2v) is 3.14. The lowest BCUT2D eigenvalue weighted by Crippen LogP contribution is -2.05. The summed E-state index contributed by atoms with van der Waals surface area (Å²) >= 11 is 0. The smallest absolute Gasteiger partial charge is 0.232 e. The Balaban J connectivity index is 2.65. The summed E-state index contributed by atoms with van der Waals surface area (Å²) in [4.78, 5) is 18.3. The summed E-state index contributed by atoms with van der Waals surface area (Å²) < 4.78 is 5.41. The predicted octanol–water partition coefficient (Wildman–Crippen LogP) is 1.53. The third-order valence-corrected chi connectivity index (χ3v) is 1.77. The van der Waals surface area contributed by atoms with Crippen molar-refractivity contribution in [3.8, 4) is 5.88 Å². The van der Waals surface area contributed by atoms with Gasteiger partial charge in [0.25, 0.3) is 0 Å². The normalized spacial score (nSPS) is 9.73. The molecule has 5 nitrogen and oxygen atoms in total. The molecule has 0 aromatic carbocycles. The molecule has 0 aliphatic carbocycles. The molecule has 0 saturated carbocycles. The molecule has 0 fully saturated rings. The van der Waals surface area contributed by atoms with Gasteiger partial charge in [0.2, 0.25) is 18.2 Å². The minimum atomic E-state index is 0.275. The fraction of sp³-hybridized carbons (Fsp3) is 0.500. The molecule has 5 heteroatoms. The van der Waals surface area contributed by atoms with Crippen LogP contribution in [0.25, 0.3) is 0 Å². The van der Waals surface area contributed by atoms with E-state index in [4.69, 9.17) is 4.74 Å². The molecular formula is C10H15N3O2. The van der Waals surface area contributed by atoms with E-state index in [2.05, 4.69) is 22.2 Å². The van der Waals surface area contributed by atoms with Crippen LogP contribution in [0.4, 0.5) is 5.95 Å². The molecule has 1 rings (SSSR count). The van der Waals surface area contributed by atoms with Crippen LogP contribution in [0.1, 0.15) is 25.5 Å². The standard InChI is InChI=1S/C10H15N3O2/c1-3-4-5-15-9-6-8(2)12-10(13-9)11-7-14/h6-7H,3-5H2,1-2H3,(H,11,12,13,14). The maximum atomic E-state index is 10.2. The van der Waals surface area contributed by atoms with Crippen molar-refractivity contribution in [2.75, 3.05) is 11.9 Å². The van der Waals surface area contributed by atoms with Gasteiger partial charge < -0.3 is 4.74 Å². The molecule has 0 aliphatic rings. The first-order valence-corrected chi connectivity index (χ1v) is 4.95. The van der Waals surface area contributed by atoms with Gasteiger partial charge in [-0.2, -0.15) is 4.98 Å². The third kappa shape index (κ3) is 3.93. The van der Waals surface area contributed by atoms with Crippen LogP contribution in [0, 0.1) is 6.92 Å². The van der Waals surface area contributed by atoms with Crippen molar-refractivity contribution in [1.29, 1.82) is 0 Å². The van der Waals surface area contributed by atoms with E-state index in [1.54, 1.807) is 6.07 Å². The highest BCUT2D eigenvalue weighted by atomic mass is 16.5. The lowest BCUT2D eigenvalue weighted by molar-refractivity contribution is -0.105. The number of unbranched alkanes of at least 4 members (excludes halogenated alkanes) is 1. The number of rotatable bonds is 6. The van der Waals surface area contributed by atoms with E-state index in [0.29, 0.717) is 18.9 Å². The quantitative estimate of drug-likeness (QED) is 0.570. The van der Waals surface area contributed by atoms with Gasteiger partial charge in [0.05, 0.1) is 6.61 Å². The van der Waals surface area contributed by atoms with Crippen molar-refractivity contribution in [3.63, 3.8) is 0 Å². The number of carbonyl (C=O) groups excluding carboxylic acids is 1. The zero-order chi connectivity index (χ0) is 11.1. The first-order valence-electron chi connectivity index (χ1n) is 4.95. The number of ether oxygens (including phenoxy) is 1.